The molecular weight excluding hydrogens is 258 g/mol. The third-order valence-corrected chi connectivity index (χ3v) is 4.23. The summed E-state index contributed by atoms with van der Waals surface area (Å²) in [6.45, 7) is 0. The number of fused-ring (bicyclic) bond motifs is 5. The Kier molecular flexibility index (Phi) is 2.00. The normalized spacial score (nSPS) is 11.6. The predicted molar refractivity (Wildman–Crippen MR) is 78.0 cm³/mol. The van der Waals surface area contributed by atoms with E-state index in [2.05, 4.69) is 11.1 Å². The molecule has 0 radical (unpaired) electrons. The number of nitrogens with zero attached hydrogens (tertiary/aromatic N) is 1. The lowest BCUT2D eigenvalue weighted by molar-refractivity contribution is 0.405. The lowest BCUT2D eigenvalue weighted by atomic mass is 10.0. The maximum Gasteiger partial charge on any atom is 0.158 e. The highest BCUT2D eigenvalue weighted by Gasteiger charge is 2.09. The van der Waals surface area contributed by atoms with Crippen LogP contribution in [0.25, 0.3) is 31.8 Å². The average Bonchev–Trinajstić information content (AvgIpc) is 2.88. The van der Waals surface area contributed by atoms with Gasteiger partial charge in [-0.2, -0.15) is 0 Å². The van der Waals surface area contributed by atoms with Crippen LogP contribution >= 0.6 is 11.3 Å². The number of aromatic nitrogens is 1. The zero-order valence-corrected chi connectivity index (χ0v) is 10.6. The second-order valence-corrected chi connectivity index (χ2v) is 5.43. The fraction of sp³-hybridized carbons (Fsp3) is 0. The molecule has 0 aliphatic rings. The second-order valence-electron chi connectivity index (χ2n) is 4.48. The molecule has 0 spiro atoms. The van der Waals surface area contributed by atoms with Crippen LogP contribution < -0.4 is 0 Å². The van der Waals surface area contributed by atoms with Crippen LogP contribution in [0.3, 0.4) is 0 Å². The molecule has 0 fully saturated rings. The summed E-state index contributed by atoms with van der Waals surface area (Å²) in [6, 6.07) is 9.09. The Hall–Kier alpha value is -2.33. The molecule has 4 rings (SSSR count). The number of pyridine rings is 1. The van der Waals surface area contributed by atoms with Crippen molar-refractivity contribution in [2.75, 3.05) is 0 Å². The van der Waals surface area contributed by atoms with Gasteiger partial charge in [0.1, 0.15) is 0 Å². The molecule has 0 aliphatic heterocycles. The summed E-state index contributed by atoms with van der Waals surface area (Å²) in [5.41, 5.74) is 0.892. The standard InChI is InChI=1S/C15H9NO2S/c17-12-5-8-1-2-11-15(10(8)6-13(12)18)9-3-4-19-14(9)7-16-11/h1-7,17-18H. The minimum Gasteiger partial charge on any atom is -0.504 e. The van der Waals surface area contributed by atoms with E-state index in [1.807, 2.05) is 23.7 Å². The molecule has 2 N–H and O–H groups in total. The van der Waals surface area contributed by atoms with Crippen molar-refractivity contribution in [2.24, 2.45) is 0 Å². The van der Waals surface area contributed by atoms with Gasteiger partial charge in [-0.3, -0.25) is 4.98 Å². The van der Waals surface area contributed by atoms with Gasteiger partial charge in [0.2, 0.25) is 0 Å². The summed E-state index contributed by atoms with van der Waals surface area (Å²) in [5, 5.41) is 25.3. The second kappa shape index (κ2) is 3.59. The molecule has 0 unspecified atom stereocenters. The number of phenolic OH excluding ortho intramolecular Hbond substituents is 2. The number of aromatic hydroxyl groups is 2. The highest BCUT2D eigenvalue weighted by molar-refractivity contribution is 7.17. The molecule has 0 atom stereocenters. The van der Waals surface area contributed by atoms with E-state index < -0.39 is 0 Å². The number of rotatable bonds is 0. The first-order valence-corrected chi connectivity index (χ1v) is 6.72. The lowest BCUT2D eigenvalue weighted by Gasteiger charge is -2.06. The van der Waals surface area contributed by atoms with Gasteiger partial charge >= 0.3 is 0 Å². The van der Waals surface area contributed by atoms with E-state index in [9.17, 15) is 10.2 Å². The Morgan fingerprint density at radius 1 is 0.947 bits per heavy atom. The van der Waals surface area contributed by atoms with Gasteiger partial charge in [0, 0.05) is 17.0 Å². The summed E-state index contributed by atoms with van der Waals surface area (Å²) in [5.74, 6) is -0.204. The Morgan fingerprint density at radius 2 is 1.79 bits per heavy atom. The Morgan fingerprint density at radius 3 is 2.68 bits per heavy atom. The summed E-state index contributed by atoms with van der Waals surface area (Å²) < 4.78 is 1.12. The zero-order valence-electron chi connectivity index (χ0n) is 9.79. The molecule has 2 aromatic carbocycles. The SMILES string of the molecule is Oc1cc2ccc3ncc4sccc4c3c2cc1O. The first-order valence-electron chi connectivity index (χ1n) is 5.84. The van der Waals surface area contributed by atoms with Crippen LogP contribution in [-0.4, -0.2) is 15.2 Å². The molecule has 92 valence electrons. The van der Waals surface area contributed by atoms with Crippen molar-refractivity contribution in [3.05, 3.63) is 41.9 Å². The molecule has 2 aromatic heterocycles. The van der Waals surface area contributed by atoms with Crippen molar-refractivity contribution < 1.29 is 10.2 Å². The molecule has 4 aromatic rings. The third-order valence-electron chi connectivity index (χ3n) is 3.38. The smallest absolute Gasteiger partial charge is 0.158 e. The van der Waals surface area contributed by atoms with Crippen LogP contribution in [0.15, 0.2) is 41.9 Å². The summed E-state index contributed by atoms with van der Waals surface area (Å²) in [4.78, 5) is 4.45. The first kappa shape index (κ1) is 10.6. The van der Waals surface area contributed by atoms with Crippen molar-refractivity contribution in [1.29, 1.82) is 0 Å². The largest absolute Gasteiger partial charge is 0.504 e. The zero-order chi connectivity index (χ0) is 13.0. The molecule has 0 bridgehead atoms. The average molecular weight is 267 g/mol. The molecule has 4 heteroatoms. The van der Waals surface area contributed by atoms with E-state index >= 15 is 0 Å². The molecule has 19 heavy (non-hydrogen) atoms. The van der Waals surface area contributed by atoms with Crippen molar-refractivity contribution in [1.82, 2.24) is 4.98 Å². The molecule has 0 saturated carbocycles. The van der Waals surface area contributed by atoms with Gasteiger partial charge in [-0.15, -0.1) is 11.3 Å². The van der Waals surface area contributed by atoms with Crippen molar-refractivity contribution in [3.63, 3.8) is 0 Å². The van der Waals surface area contributed by atoms with Gasteiger partial charge in [-0.05, 0) is 40.4 Å². The van der Waals surface area contributed by atoms with Gasteiger partial charge in [0.25, 0.3) is 0 Å². The topological polar surface area (TPSA) is 53.4 Å². The highest BCUT2D eigenvalue weighted by atomic mass is 32.1. The van der Waals surface area contributed by atoms with Crippen LogP contribution in [0, 0.1) is 0 Å². The van der Waals surface area contributed by atoms with E-state index in [-0.39, 0.29) is 11.5 Å². The molecule has 0 aliphatic carbocycles. The lowest BCUT2D eigenvalue weighted by Crippen LogP contribution is -1.82. The number of thiophene rings is 1. The first-order chi connectivity index (χ1) is 9.24. The monoisotopic (exact) mass is 267 g/mol. The fourth-order valence-electron chi connectivity index (χ4n) is 2.48. The number of phenols is 2. The van der Waals surface area contributed by atoms with Crippen LogP contribution in [0.5, 0.6) is 11.5 Å². The van der Waals surface area contributed by atoms with Crippen LogP contribution in [0.2, 0.25) is 0 Å². The van der Waals surface area contributed by atoms with Gasteiger partial charge < -0.3 is 10.2 Å². The van der Waals surface area contributed by atoms with Crippen molar-refractivity contribution in [3.8, 4) is 11.5 Å². The van der Waals surface area contributed by atoms with Crippen molar-refractivity contribution >= 4 is 43.1 Å². The summed E-state index contributed by atoms with van der Waals surface area (Å²) in [6.07, 6.45) is 1.87. The maximum atomic E-state index is 9.73. The van der Waals surface area contributed by atoms with Gasteiger partial charge in [-0.1, -0.05) is 6.07 Å². The highest BCUT2D eigenvalue weighted by Crippen LogP contribution is 2.37. The number of hydrogen-bond acceptors (Lipinski definition) is 4. The van der Waals surface area contributed by atoms with E-state index in [0.29, 0.717) is 0 Å². The van der Waals surface area contributed by atoms with Gasteiger partial charge in [0.15, 0.2) is 11.5 Å². The van der Waals surface area contributed by atoms with E-state index in [1.165, 1.54) is 0 Å². The summed E-state index contributed by atoms with van der Waals surface area (Å²) in [7, 11) is 0. The Balaban J connectivity index is 2.34. The molecule has 2 heterocycles. The van der Waals surface area contributed by atoms with Crippen LogP contribution in [0.4, 0.5) is 0 Å². The Labute approximate surface area is 112 Å². The maximum absolute atomic E-state index is 9.73. The number of benzene rings is 2. The minimum atomic E-state index is -0.104. The van der Waals surface area contributed by atoms with E-state index in [0.717, 1.165) is 31.8 Å². The number of hydrogen-bond donors (Lipinski definition) is 2. The summed E-state index contributed by atoms with van der Waals surface area (Å²) >= 11 is 1.64. The molecule has 0 saturated heterocycles. The quantitative estimate of drug-likeness (QED) is 0.374. The molecule has 0 amide bonds. The predicted octanol–water partition coefficient (Wildman–Crippen LogP) is 4.01. The van der Waals surface area contributed by atoms with Crippen molar-refractivity contribution in [2.45, 2.75) is 0 Å². The van der Waals surface area contributed by atoms with Crippen LogP contribution in [0.1, 0.15) is 0 Å². The van der Waals surface area contributed by atoms with E-state index in [1.54, 1.807) is 23.5 Å². The Bertz CT molecular complexity index is 943. The minimum absolute atomic E-state index is 0.0997. The van der Waals surface area contributed by atoms with E-state index in [4.69, 9.17) is 0 Å². The molecule has 3 nitrogen and oxygen atoms in total. The fourth-order valence-corrected chi connectivity index (χ4v) is 3.25. The molecular formula is C15H9NO2S. The van der Waals surface area contributed by atoms with Gasteiger partial charge in [-0.25, -0.2) is 0 Å². The third kappa shape index (κ3) is 1.40. The van der Waals surface area contributed by atoms with Crippen LogP contribution in [-0.2, 0) is 0 Å². The van der Waals surface area contributed by atoms with Gasteiger partial charge in [0.05, 0.1) is 10.2 Å².